The minimum absolute atomic E-state index is 0.120. The second-order valence-electron chi connectivity index (χ2n) is 23.4. The van der Waals surface area contributed by atoms with E-state index in [0.29, 0.717) is 44.6 Å². The molecule has 0 N–H and O–H groups in total. The summed E-state index contributed by atoms with van der Waals surface area (Å²) in [7, 11) is 0. The molecule has 5 aliphatic carbocycles. The zero-order valence-electron chi connectivity index (χ0n) is 43.5. The molecule has 0 radical (unpaired) electrons. The van der Waals surface area contributed by atoms with Gasteiger partial charge in [-0.05, 0) is 175 Å². The lowest BCUT2D eigenvalue weighted by atomic mass is 9.51. The fourth-order valence-corrected chi connectivity index (χ4v) is 14.8. The van der Waals surface area contributed by atoms with Crippen molar-refractivity contribution in [2.45, 2.75) is 239 Å². The first-order chi connectivity index (χ1) is 31.9. The average molecular weight is 905 g/mol. The van der Waals surface area contributed by atoms with Gasteiger partial charge in [0.15, 0.2) is 0 Å². The van der Waals surface area contributed by atoms with Crippen LogP contribution in [0, 0.1) is 52.8 Å². The third kappa shape index (κ3) is 17.1. The Morgan fingerprint density at radius 2 is 1.48 bits per heavy atom. The third-order valence-corrected chi connectivity index (χ3v) is 18.4. The van der Waals surface area contributed by atoms with Gasteiger partial charge in [-0.2, -0.15) is 0 Å². The molecule has 0 amide bonds. The van der Waals surface area contributed by atoms with E-state index in [2.05, 4.69) is 69.9 Å². The van der Waals surface area contributed by atoms with Crippen LogP contribution in [-0.2, 0) is 18.9 Å². The molecule has 0 aromatic rings. The molecule has 65 heavy (non-hydrogen) atoms. The topological polar surface area (TPSA) is 40.2 Å². The van der Waals surface area contributed by atoms with E-state index in [4.69, 9.17) is 18.9 Å². The number of hydrogen-bond donors (Lipinski definition) is 0. The van der Waals surface area contributed by atoms with Crippen LogP contribution in [0.3, 0.4) is 0 Å². The normalized spacial score (nSPS) is 31.5. The molecule has 1 aliphatic heterocycles. The minimum Gasteiger partial charge on any atom is -0.379 e. The Morgan fingerprint density at radius 1 is 0.708 bits per heavy atom. The summed E-state index contributed by atoms with van der Waals surface area (Å²) >= 11 is 0. The van der Waals surface area contributed by atoms with Gasteiger partial charge in [0.05, 0.1) is 45.2 Å². The summed E-state index contributed by atoms with van der Waals surface area (Å²) < 4.78 is 25.6. The highest BCUT2D eigenvalue weighted by Crippen LogP contribution is 2.65. The number of rotatable bonds is 32. The van der Waals surface area contributed by atoms with Crippen LogP contribution >= 0.6 is 0 Å². The summed E-state index contributed by atoms with van der Waals surface area (Å²) in [6.07, 6.45) is 51.6. The van der Waals surface area contributed by atoms with Crippen molar-refractivity contribution in [3.05, 3.63) is 36.0 Å². The van der Waals surface area contributed by atoms with Crippen molar-refractivity contribution in [3.63, 3.8) is 0 Å². The summed E-state index contributed by atoms with van der Waals surface area (Å²) in [5.74, 6) is 7.21. The lowest BCUT2D eigenvalue weighted by Gasteiger charge is -2.54. The maximum Gasteiger partial charge on any atom is 0.0936 e. The van der Waals surface area contributed by atoms with Crippen molar-refractivity contribution >= 4 is 0 Å². The van der Waals surface area contributed by atoms with Gasteiger partial charge in [-0.1, -0.05) is 141 Å². The van der Waals surface area contributed by atoms with E-state index in [9.17, 15) is 0 Å². The largest absolute Gasteiger partial charge is 0.379 e. The zero-order chi connectivity index (χ0) is 45.5. The average Bonchev–Trinajstić information content (AvgIpc) is 3.67. The molecular formula is C60H105NO4. The molecule has 5 fully saturated rings. The summed E-state index contributed by atoms with van der Waals surface area (Å²) in [4.78, 5) is 2.78. The van der Waals surface area contributed by atoms with Gasteiger partial charge in [0.1, 0.15) is 0 Å². The van der Waals surface area contributed by atoms with E-state index in [1.54, 1.807) is 5.57 Å². The molecule has 7 unspecified atom stereocenters. The van der Waals surface area contributed by atoms with E-state index >= 15 is 0 Å². The summed E-state index contributed by atoms with van der Waals surface area (Å²) in [6, 6.07) is 0.752. The SMILES string of the molecule is CCCCCC=CCC=CCCCCCCCCOCC(CN1CCCC2CCCCC21)OCCOCCO[C@H]1CCC2C(=CCC3C2CC[C@@]2(C)C3CC[C@@H]2[C@H](C)CCCC(C)C)C1. The highest BCUT2D eigenvalue weighted by molar-refractivity contribution is 5.20. The zero-order valence-corrected chi connectivity index (χ0v) is 43.5. The van der Waals surface area contributed by atoms with Crippen molar-refractivity contribution in [3.8, 4) is 0 Å². The van der Waals surface area contributed by atoms with Gasteiger partial charge in [0.25, 0.3) is 0 Å². The van der Waals surface area contributed by atoms with Gasteiger partial charge in [-0.15, -0.1) is 0 Å². The van der Waals surface area contributed by atoms with Crippen LogP contribution in [0.1, 0.15) is 221 Å². The molecule has 4 saturated carbocycles. The minimum atomic E-state index is 0.120. The fourth-order valence-electron chi connectivity index (χ4n) is 14.8. The van der Waals surface area contributed by atoms with Crippen molar-refractivity contribution in [1.82, 2.24) is 4.90 Å². The number of hydrogen-bond acceptors (Lipinski definition) is 5. The Balaban J connectivity index is 0.830. The third-order valence-electron chi connectivity index (χ3n) is 18.4. The maximum absolute atomic E-state index is 6.58. The summed E-state index contributed by atoms with van der Waals surface area (Å²) in [5.41, 5.74) is 2.34. The molecule has 0 bridgehead atoms. The lowest BCUT2D eigenvalue weighted by Crippen LogP contribution is -2.50. The van der Waals surface area contributed by atoms with E-state index < -0.39 is 0 Å². The Labute approximate surface area is 402 Å². The summed E-state index contributed by atoms with van der Waals surface area (Å²) in [5, 5.41) is 0. The van der Waals surface area contributed by atoms with Crippen molar-refractivity contribution in [1.29, 1.82) is 0 Å². The van der Waals surface area contributed by atoms with Crippen LogP contribution in [0.25, 0.3) is 0 Å². The quantitative estimate of drug-likeness (QED) is 0.0497. The fraction of sp³-hybridized carbons (Fsp3) is 0.900. The smallest absolute Gasteiger partial charge is 0.0936 e. The Hall–Kier alpha value is -0.980. The molecule has 11 atom stereocenters. The number of allylic oxidation sites excluding steroid dienone is 5. The number of fused-ring (bicyclic) bond motifs is 6. The van der Waals surface area contributed by atoms with E-state index in [0.717, 1.165) is 85.8 Å². The maximum atomic E-state index is 6.58. The standard InChI is InChI=1S/C60H105NO4/c1-6-7-8-9-10-11-12-13-14-15-16-17-18-19-20-23-40-63-47-53(46-61-39-25-29-50-28-21-22-30-59(50)61)65-44-42-62-41-43-64-52-32-34-54-51(45-52)31-33-56-55(54)37-38-60(5)57(35-36-58(56)60)49(4)27-24-26-48(2)3/h10-11,13-14,31,48-50,52-59H,6-9,12,15-30,32-47H2,1-5H3/t49-,50?,52+,53?,54?,55?,56?,57-,58?,59?,60-/m1/s1. The van der Waals surface area contributed by atoms with Crippen molar-refractivity contribution in [2.75, 3.05) is 52.7 Å². The molecule has 1 saturated heterocycles. The first kappa shape index (κ1) is 53.4. The summed E-state index contributed by atoms with van der Waals surface area (Å²) in [6.45, 7) is 18.8. The highest BCUT2D eigenvalue weighted by Gasteiger charge is 2.56. The van der Waals surface area contributed by atoms with Gasteiger partial charge in [-0.3, -0.25) is 4.90 Å². The predicted molar refractivity (Wildman–Crippen MR) is 275 cm³/mol. The molecule has 5 heteroatoms. The van der Waals surface area contributed by atoms with Gasteiger partial charge in [0, 0.05) is 19.2 Å². The first-order valence-corrected chi connectivity index (χ1v) is 29.0. The van der Waals surface area contributed by atoms with Gasteiger partial charge < -0.3 is 18.9 Å². The Kier molecular flexibility index (Phi) is 24.6. The van der Waals surface area contributed by atoms with E-state index in [1.807, 2.05) is 0 Å². The Bertz CT molecular complexity index is 1360. The highest BCUT2D eigenvalue weighted by atomic mass is 16.6. The second kappa shape index (κ2) is 29.9. The van der Waals surface area contributed by atoms with Crippen LogP contribution in [0.4, 0.5) is 0 Å². The molecule has 0 aromatic heterocycles. The van der Waals surface area contributed by atoms with E-state index in [1.165, 1.54) is 173 Å². The monoisotopic (exact) mass is 904 g/mol. The lowest BCUT2D eigenvalue weighted by molar-refractivity contribution is -0.0727. The molecule has 0 spiro atoms. The molecular weight excluding hydrogens is 799 g/mol. The number of nitrogens with zero attached hydrogens (tertiary/aromatic N) is 1. The molecule has 1 heterocycles. The first-order valence-electron chi connectivity index (χ1n) is 29.0. The number of piperidine rings is 1. The van der Waals surface area contributed by atoms with Crippen LogP contribution in [0.15, 0.2) is 36.0 Å². The van der Waals surface area contributed by atoms with Crippen LogP contribution < -0.4 is 0 Å². The molecule has 374 valence electrons. The van der Waals surface area contributed by atoms with Crippen molar-refractivity contribution < 1.29 is 18.9 Å². The Morgan fingerprint density at radius 3 is 2.31 bits per heavy atom. The van der Waals surface area contributed by atoms with E-state index in [-0.39, 0.29) is 6.10 Å². The number of likely N-dealkylation sites (tertiary alicyclic amines) is 1. The van der Waals surface area contributed by atoms with Gasteiger partial charge >= 0.3 is 0 Å². The molecule has 5 nitrogen and oxygen atoms in total. The number of ether oxygens (including phenoxy) is 4. The van der Waals surface area contributed by atoms with Crippen LogP contribution in [0.5, 0.6) is 0 Å². The predicted octanol–water partition coefficient (Wildman–Crippen LogP) is 15.9. The van der Waals surface area contributed by atoms with Crippen molar-refractivity contribution in [2.24, 2.45) is 52.8 Å². The molecule has 0 aromatic carbocycles. The van der Waals surface area contributed by atoms with Gasteiger partial charge in [0.2, 0.25) is 0 Å². The van der Waals surface area contributed by atoms with Gasteiger partial charge in [-0.25, -0.2) is 0 Å². The van der Waals surface area contributed by atoms with Crippen LogP contribution in [0.2, 0.25) is 0 Å². The molecule has 6 aliphatic rings. The second-order valence-corrected chi connectivity index (χ2v) is 23.4. The molecule has 6 rings (SSSR count). The van der Waals surface area contributed by atoms with Crippen LogP contribution in [-0.4, -0.2) is 75.9 Å². The number of unbranched alkanes of at least 4 members (excludes halogenated alkanes) is 9.